The molecule has 0 radical (unpaired) electrons. The van der Waals surface area contributed by atoms with Crippen molar-refractivity contribution in [3.63, 3.8) is 0 Å². The van der Waals surface area contributed by atoms with Gasteiger partial charge in [0.2, 0.25) is 0 Å². The van der Waals surface area contributed by atoms with Crippen LogP contribution < -0.4 is 10.5 Å². The van der Waals surface area contributed by atoms with Crippen molar-refractivity contribution in [2.24, 2.45) is 5.73 Å². The van der Waals surface area contributed by atoms with E-state index in [4.69, 9.17) is 10.5 Å². The molecule has 0 unspecified atom stereocenters. The molecule has 18 heavy (non-hydrogen) atoms. The fourth-order valence-electron chi connectivity index (χ4n) is 1.29. The third-order valence-corrected chi connectivity index (χ3v) is 2.86. The monoisotopic (exact) mass is 267 g/mol. The smallest absolute Gasteiger partial charge is 0.255 e. The molecule has 0 saturated heterocycles. The van der Waals surface area contributed by atoms with E-state index in [0.717, 1.165) is 0 Å². The van der Waals surface area contributed by atoms with Gasteiger partial charge in [-0.3, -0.25) is 9.59 Å². The molecule has 3 N–H and O–H groups in total. The fraction of sp³-hybridized carbons (Fsp3) is 0.167. The molecule has 0 heterocycles. The summed E-state index contributed by atoms with van der Waals surface area (Å²) in [6, 6.07) is 4.68. The van der Waals surface area contributed by atoms with Gasteiger partial charge < -0.3 is 15.6 Å². The van der Waals surface area contributed by atoms with Crippen molar-refractivity contribution < 1.29 is 19.4 Å². The quantitative estimate of drug-likeness (QED) is 0.807. The van der Waals surface area contributed by atoms with Crippen LogP contribution in [0.25, 0.3) is 6.08 Å². The Morgan fingerprint density at radius 1 is 1.44 bits per heavy atom. The number of hydrogen-bond donors (Lipinski definition) is 2. The lowest BCUT2D eigenvalue weighted by Gasteiger charge is -2.08. The summed E-state index contributed by atoms with van der Waals surface area (Å²) in [4.78, 5) is 22.3. The maximum absolute atomic E-state index is 11.2. The maximum Gasteiger partial charge on any atom is 0.255 e. The molecule has 0 aliphatic rings. The van der Waals surface area contributed by atoms with Crippen LogP contribution >= 0.6 is 11.8 Å². The molecule has 0 spiro atoms. The van der Waals surface area contributed by atoms with Gasteiger partial charge in [-0.2, -0.15) is 0 Å². The number of rotatable bonds is 4. The molecule has 1 amide bonds. The average molecular weight is 267 g/mol. The molecular formula is C12H13NO4S. The van der Waals surface area contributed by atoms with E-state index in [1.807, 2.05) is 0 Å². The Balaban J connectivity index is 3.27. The molecule has 5 nitrogen and oxygen atoms in total. The number of thioether (sulfide) groups is 1. The molecule has 0 aromatic heterocycles. The number of amides is 1. The molecule has 6 heteroatoms. The predicted molar refractivity (Wildman–Crippen MR) is 70.1 cm³/mol. The predicted octanol–water partition coefficient (Wildman–Crippen LogP) is 1.51. The van der Waals surface area contributed by atoms with Crippen LogP contribution in [0, 0.1) is 0 Å². The first-order valence-corrected chi connectivity index (χ1v) is 5.83. The number of phenolic OH excluding ortho intramolecular Hbond substituents is 1. The first-order chi connectivity index (χ1) is 8.45. The van der Waals surface area contributed by atoms with Gasteiger partial charge in [0, 0.05) is 6.92 Å². The van der Waals surface area contributed by atoms with Crippen LogP contribution in [0.3, 0.4) is 0 Å². The number of carbonyl (C=O) groups excluding carboxylic acids is 2. The highest BCUT2D eigenvalue weighted by Gasteiger charge is 2.13. The van der Waals surface area contributed by atoms with E-state index in [1.165, 1.54) is 26.2 Å². The molecule has 0 atom stereocenters. The van der Waals surface area contributed by atoms with E-state index in [9.17, 15) is 14.7 Å². The van der Waals surface area contributed by atoms with Gasteiger partial charge in [-0.15, -0.1) is 0 Å². The third-order valence-electron chi connectivity index (χ3n) is 2.03. The van der Waals surface area contributed by atoms with E-state index < -0.39 is 5.91 Å². The standard InChI is InChI=1S/C12H13NO4S/c1-7(14)18-11(12(13)16)6-8-9(15)4-3-5-10(8)17-2/h3-6,15H,1-2H3,(H2,13,16)/b11-6-. The fourth-order valence-corrected chi connectivity index (χ4v) is 1.88. The number of hydrogen-bond acceptors (Lipinski definition) is 5. The van der Waals surface area contributed by atoms with Crippen molar-refractivity contribution in [2.75, 3.05) is 7.11 Å². The van der Waals surface area contributed by atoms with E-state index in [2.05, 4.69) is 0 Å². The summed E-state index contributed by atoms with van der Waals surface area (Å²) in [7, 11) is 1.44. The van der Waals surface area contributed by atoms with Crippen molar-refractivity contribution in [2.45, 2.75) is 6.92 Å². The maximum atomic E-state index is 11.2. The topological polar surface area (TPSA) is 89.6 Å². The van der Waals surface area contributed by atoms with Crippen LogP contribution in [0.15, 0.2) is 23.1 Å². The normalized spacial score (nSPS) is 11.1. The summed E-state index contributed by atoms with van der Waals surface area (Å²) < 4.78 is 5.06. The van der Waals surface area contributed by atoms with Crippen LogP contribution in [0.5, 0.6) is 11.5 Å². The van der Waals surface area contributed by atoms with E-state index in [1.54, 1.807) is 12.1 Å². The number of phenols is 1. The zero-order valence-electron chi connectivity index (χ0n) is 9.97. The highest BCUT2D eigenvalue weighted by atomic mass is 32.2. The van der Waals surface area contributed by atoms with E-state index in [-0.39, 0.29) is 15.8 Å². The number of benzene rings is 1. The number of methoxy groups -OCH3 is 1. The largest absolute Gasteiger partial charge is 0.507 e. The Bertz CT molecular complexity index is 511. The zero-order valence-corrected chi connectivity index (χ0v) is 10.8. The van der Waals surface area contributed by atoms with Crippen LogP contribution in [0.1, 0.15) is 12.5 Å². The van der Waals surface area contributed by atoms with Gasteiger partial charge >= 0.3 is 0 Å². The Kier molecular flexibility index (Phi) is 4.79. The Morgan fingerprint density at radius 2 is 2.11 bits per heavy atom. The summed E-state index contributed by atoms with van der Waals surface area (Å²) in [6.45, 7) is 1.32. The van der Waals surface area contributed by atoms with Gasteiger partial charge in [0.05, 0.1) is 17.6 Å². The number of carbonyl (C=O) groups is 2. The summed E-state index contributed by atoms with van der Waals surface area (Å²) in [5.41, 5.74) is 5.48. The lowest BCUT2D eigenvalue weighted by atomic mass is 10.1. The molecule has 0 bridgehead atoms. The summed E-state index contributed by atoms with van der Waals surface area (Å²) in [5, 5.41) is 9.45. The van der Waals surface area contributed by atoms with Crippen molar-refractivity contribution in [1.82, 2.24) is 0 Å². The molecule has 0 saturated carbocycles. The molecule has 1 rings (SSSR count). The van der Waals surface area contributed by atoms with Crippen LogP contribution in [0.2, 0.25) is 0 Å². The van der Waals surface area contributed by atoms with Crippen molar-refractivity contribution in [3.8, 4) is 11.5 Å². The first-order valence-electron chi connectivity index (χ1n) is 5.01. The van der Waals surface area contributed by atoms with E-state index >= 15 is 0 Å². The number of nitrogens with two attached hydrogens (primary N) is 1. The third kappa shape index (κ3) is 3.53. The lowest BCUT2D eigenvalue weighted by molar-refractivity contribution is -0.114. The highest BCUT2D eigenvalue weighted by Crippen LogP contribution is 2.31. The minimum atomic E-state index is -0.736. The van der Waals surface area contributed by atoms with Gasteiger partial charge in [0.15, 0.2) is 5.12 Å². The summed E-state index contributed by atoms with van der Waals surface area (Å²) in [5.74, 6) is -0.407. The Morgan fingerprint density at radius 3 is 2.61 bits per heavy atom. The van der Waals surface area contributed by atoms with Gasteiger partial charge in [-0.1, -0.05) is 6.07 Å². The molecule has 1 aromatic carbocycles. The van der Waals surface area contributed by atoms with Crippen LogP contribution in [-0.2, 0) is 9.59 Å². The van der Waals surface area contributed by atoms with Gasteiger partial charge in [0.1, 0.15) is 11.5 Å². The van der Waals surface area contributed by atoms with Crippen molar-refractivity contribution in [3.05, 3.63) is 28.7 Å². The molecular weight excluding hydrogens is 254 g/mol. The van der Waals surface area contributed by atoms with Crippen molar-refractivity contribution >= 4 is 28.9 Å². The Labute approximate surface area is 109 Å². The summed E-state index contributed by atoms with van der Waals surface area (Å²) >= 11 is 0.711. The average Bonchev–Trinajstić information content (AvgIpc) is 2.29. The second-order valence-electron chi connectivity index (χ2n) is 3.36. The van der Waals surface area contributed by atoms with Crippen molar-refractivity contribution in [1.29, 1.82) is 0 Å². The molecule has 0 aliphatic carbocycles. The minimum absolute atomic E-state index is 0.0438. The number of aromatic hydroxyl groups is 1. The lowest BCUT2D eigenvalue weighted by Crippen LogP contribution is -2.12. The second kappa shape index (κ2) is 6.11. The van der Waals surface area contributed by atoms with E-state index in [0.29, 0.717) is 23.1 Å². The number of ether oxygens (including phenoxy) is 1. The minimum Gasteiger partial charge on any atom is -0.507 e. The van der Waals surface area contributed by atoms with Crippen LogP contribution in [0.4, 0.5) is 0 Å². The van der Waals surface area contributed by atoms with Crippen LogP contribution in [-0.4, -0.2) is 23.2 Å². The Hall–Kier alpha value is -1.95. The molecule has 96 valence electrons. The van der Waals surface area contributed by atoms with Gasteiger partial charge in [0.25, 0.3) is 5.91 Å². The zero-order chi connectivity index (χ0) is 13.7. The number of primary amides is 1. The van der Waals surface area contributed by atoms with Gasteiger partial charge in [-0.05, 0) is 30.0 Å². The first kappa shape index (κ1) is 14.1. The summed E-state index contributed by atoms with van der Waals surface area (Å²) in [6.07, 6.45) is 1.34. The second-order valence-corrected chi connectivity index (χ2v) is 4.58. The SMILES string of the molecule is COc1cccc(O)c1/C=C(\SC(C)=O)C(N)=O. The molecule has 1 aromatic rings. The molecule has 0 fully saturated rings. The highest BCUT2D eigenvalue weighted by molar-refractivity contribution is 8.17. The molecule has 0 aliphatic heterocycles. The van der Waals surface area contributed by atoms with Gasteiger partial charge in [-0.25, -0.2) is 0 Å².